The van der Waals surface area contributed by atoms with Crippen LogP contribution in [0.3, 0.4) is 0 Å². The molecule has 6 atom stereocenters. The largest absolute Gasteiger partial charge is 0.389 e. The van der Waals surface area contributed by atoms with E-state index in [9.17, 15) is 15.0 Å². The first kappa shape index (κ1) is 16.4. The quantitative estimate of drug-likeness (QED) is 0.781. The van der Waals surface area contributed by atoms with Gasteiger partial charge >= 0.3 is 0 Å². The molecule has 0 aromatic rings. The minimum Gasteiger partial charge on any atom is -0.389 e. The van der Waals surface area contributed by atoms with Gasteiger partial charge in [-0.25, -0.2) is 0 Å². The van der Waals surface area contributed by atoms with Crippen molar-refractivity contribution in [3.05, 3.63) is 0 Å². The SMILES string of the molecule is CC(C)C1CCC23C(=O)C(C)C(C)(O)CCC2(O)CCC13C. The molecule has 3 aliphatic rings. The van der Waals surface area contributed by atoms with Gasteiger partial charge in [0.15, 0.2) is 0 Å². The van der Waals surface area contributed by atoms with Gasteiger partial charge in [0.2, 0.25) is 0 Å². The minimum atomic E-state index is -0.997. The Morgan fingerprint density at radius 2 is 1.64 bits per heavy atom. The van der Waals surface area contributed by atoms with E-state index >= 15 is 0 Å². The predicted octanol–water partition coefficient (Wildman–Crippen LogP) is 3.32. The van der Waals surface area contributed by atoms with E-state index in [-0.39, 0.29) is 11.2 Å². The lowest BCUT2D eigenvalue weighted by atomic mass is 9.56. The number of aliphatic hydroxyl groups is 2. The fourth-order valence-electron chi connectivity index (χ4n) is 6.51. The second kappa shape index (κ2) is 4.57. The van der Waals surface area contributed by atoms with Crippen LogP contribution in [0, 0.1) is 28.6 Å². The van der Waals surface area contributed by atoms with E-state index in [4.69, 9.17) is 0 Å². The van der Waals surface area contributed by atoms with Crippen LogP contribution >= 0.6 is 0 Å². The standard InChI is InChI=1S/C19H32O3/c1-12(2)14-6-7-19-15(20)13(3)17(5,21)9-11-18(19,22)10-8-16(14,19)4/h12-14,21-22H,6-11H2,1-5H3. The second-order valence-electron chi connectivity index (χ2n) is 9.19. The highest BCUT2D eigenvalue weighted by atomic mass is 16.3. The molecule has 0 bridgehead atoms. The number of hydrogen-bond donors (Lipinski definition) is 2. The third-order valence-corrected chi connectivity index (χ3v) is 8.07. The van der Waals surface area contributed by atoms with Crippen molar-refractivity contribution in [2.24, 2.45) is 28.6 Å². The van der Waals surface area contributed by atoms with Crippen molar-refractivity contribution in [3.63, 3.8) is 0 Å². The van der Waals surface area contributed by atoms with Gasteiger partial charge in [0.25, 0.3) is 0 Å². The highest BCUT2D eigenvalue weighted by Gasteiger charge is 2.75. The van der Waals surface area contributed by atoms with Crippen molar-refractivity contribution in [1.29, 1.82) is 0 Å². The summed E-state index contributed by atoms with van der Waals surface area (Å²) in [5.41, 5.74) is -2.68. The van der Waals surface area contributed by atoms with Gasteiger partial charge in [0.05, 0.1) is 16.6 Å². The fraction of sp³-hybridized carbons (Fsp3) is 0.947. The van der Waals surface area contributed by atoms with Crippen molar-refractivity contribution in [3.8, 4) is 0 Å². The van der Waals surface area contributed by atoms with E-state index in [1.54, 1.807) is 6.92 Å². The Balaban J connectivity index is 2.16. The maximum Gasteiger partial charge on any atom is 0.148 e. The zero-order chi connectivity index (χ0) is 16.6. The average Bonchev–Trinajstić information content (AvgIpc) is 2.84. The summed E-state index contributed by atoms with van der Waals surface area (Å²) in [4.78, 5) is 13.5. The highest BCUT2D eigenvalue weighted by Crippen LogP contribution is 2.73. The van der Waals surface area contributed by atoms with E-state index in [1.807, 2.05) is 6.92 Å². The molecule has 3 rings (SSSR count). The van der Waals surface area contributed by atoms with Crippen LogP contribution in [0.15, 0.2) is 0 Å². The summed E-state index contributed by atoms with van der Waals surface area (Å²) in [6.45, 7) is 10.4. The third kappa shape index (κ3) is 1.67. The highest BCUT2D eigenvalue weighted by molar-refractivity contribution is 5.91. The molecule has 3 heteroatoms. The number of Topliss-reactive ketones (excluding diaryl/α,β-unsaturated/α-hetero) is 1. The first-order valence-corrected chi connectivity index (χ1v) is 9.01. The molecule has 0 aromatic carbocycles. The minimum absolute atomic E-state index is 0.123. The lowest BCUT2D eigenvalue weighted by molar-refractivity contribution is -0.159. The Bertz CT molecular complexity index is 497. The lowest BCUT2D eigenvalue weighted by Crippen LogP contribution is -2.56. The zero-order valence-electron chi connectivity index (χ0n) is 14.8. The summed E-state index contributed by atoms with van der Waals surface area (Å²) >= 11 is 0. The molecule has 22 heavy (non-hydrogen) atoms. The van der Waals surface area contributed by atoms with Crippen LogP contribution < -0.4 is 0 Å². The number of hydrogen-bond acceptors (Lipinski definition) is 3. The molecule has 1 spiro atoms. The summed E-state index contributed by atoms with van der Waals surface area (Å²) in [6, 6.07) is 0. The summed E-state index contributed by atoms with van der Waals surface area (Å²) in [5, 5.41) is 22.2. The maximum atomic E-state index is 13.5. The van der Waals surface area contributed by atoms with Crippen LogP contribution in [-0.4, -0.2) is 27.2 Å². The number of carbonyl (C=O) groups is 1. The van der Waals surface area contributed by atoms with Gasteiger partial charge in [-0.2, -0.15) is 0 Å². The monoisotopic (exact) mass is 308 g/mol. The van der Waals surface area contributed by atoms with Crippen molar-refractivity contribution in [2.75, 3.05) is 0 Å². The van der Waals surface area contributed by atoms with Crippen molar-refractivity contribution < 1.29 is 15.0 Å². The zero-order valence-corrected chi connectivity index (χ0v) is 14.8. The van der Waals surface area contributed by atoms with Gasteiger partial charge in [-0.3, -0.25) is 4.79 Å². The number of ketones is 1. The molecule has 2 N–H and O–H groups in total. The molecule has 3 saturated carbocycles. The molecule has 0 aromatic heterocycles. The van der Waals surface area contributed by atoms with Crippen LogP contribution in [0.25, 0.3) is 0 Å². The summed E-state index contributed by atoms with van der Waals surface area (Å²) in [5.74, 6) is 0.741. The van der Waals surface area contributed by atoms with Crippen molar-refractivity contribution in [1.82, 2.24) is 0 Å². The van der Waals surface area contributed by atoms with Crippen molar-refractivity contribution >= 4 is 5.78 Å². The Labute approximate surface area is 134 Å². The molecule has 0 amide bonds. The summed E-state index contributed by atoms with van der Waals surface area (Å²) in [6.07, 6.45) is 4.53. The van der Waals surface area contributed by atoms with Crippen LogP contribution in [0.2, 0.25) is 0 Å². The lowest BCUT2D eigenvalue weighted by Gasteiger charge is -2.48. The van der Waals surface area contributed by atoms with Gasteiger partial charge < -0.3 is 10.2 Å². The van der Waals surface area contributed by atoms with Gasteiger partial charge in [0.1, 0.15) is 5.78 Å². The Hall–Kier alpha value is -0.410. The molecule has 0 radical (unpaired) electrons. The van der Waals surface area contributed by atoms with Gasteiger partial charge in [-0.05, 0) is 62.7 Å². The Kier molecular flexibility index (Phi) is 3.42. The van der Waals surface area contributed by atoms with E-state index in [1.165, 1.54) is 0 Å². The molecule has 126 valence electrons. The smallest absolute Gasteiger partial charge is 0.148 e. The predicted molar refractivity (Wildman–Crippen MR) is 86.3 cm³/mol. The fourth-order valence-corrected chi connectivity index (χ4v) is 6.51. The van der Waals surface area contributed by atoms with Crippen LogP contribution in [0.1, 0.15) is 73.1 Å². The number of carbonyl (C=O) groups excluding carboxylic acids is 1. The van der Waals surface area contributed by atoms with E-state index < -0.39 is 22.5 Å². The van der Waals surface area contributed by atoms with Crippen LogP contribution in [0.5, 0.6) is 0 Å². The first-order chi connectivity index (χ1) is 10.0. The average molecular weight is 308 g/mol. The molecule has 0 heterocycles. The van der Waals surface area contributed by atoms with Crippen molar-refractivity contribution in [2.45, 2.75) is 84.3 Å². The van der Waals surface area contributed by atoms with E-state index in [2.05, 4.69) is 20.8 Å². The molecule has 3 aliphatic carbocycles. The molecule has 0 aliphatic heterocycles. The Morgan fingerprint density at radius 1 is 1.05 bits per heavy atom. The van der Waals surface area contributed by atoms with Crippen LogP contribution in [-0.2, 0) is 4.79 Å². The molecule has 3 nitrogen and oxygen atoms in total. The van der Waals surface area contributed by atoms with Gasteiger partial charge in [-0.1, -0.05) is 27.7 Å². The molecule has 6 unspecified atom stereocenters. The van der Waals surface area contributed by atoms with E-state index in [0.29, 0.717) is 31.1 Å². The molecule has 3 fully saturated rings. The summed E-state index contributed by atoms with van der Waals surface area (Å²) in [7, 11) is 0. The second-order valence-corrected chi connectivity index (χ2v) is 9.19. The molecular weight excluding hydrogens is 276 g/mol. The van der Waals surface area contributed by atoms with Crippen LogP contribution in [0.4, 0.5) is 0 Å². The normalized spacial score (nSPS) is 55.2. The third-order valence-electron chi connectivity index (χ3n) is 8.07. The maximum absolute atomic E-state index is 13.5. The first-order valence-electron chi connectivity index (χ1n) is 9.01. The molecule has 0 saturated heterocycles. The summed E-state index contributed by atoms with van der Waals surface area (Å²) < 4.78 is 0. The molecular formula is C19H32O3. The van der Waals surface area contributed by atoms with Gasteiger partial charge in [-0.15, -0.1) is 0 Å². The number of rotatable bonds is 1. The van der Waals surface area contributed by atoms with E-state index in [0.717, 1.165) is 19.3 Å². The topological polar surface area (TPSA) is 57.5 Å². The van der Waals surface area contributed by atoms with Gasteiger partial charge in [0, 0.05) is 5.92 Å². The Morgan fingerprint density at radius 3 is 2.23 bits per heavy atom.